The highest BCUT2D eigenvalue weighted by Crippen LogP contribution is 2.44. The lowest BCUT2D eigenvalue weighted by atomic mass is 9.95. The van der Waals surface area contributed by atoms with E-state index in [9.17, 15) is 4.79 Å². The van der Waals surface area contributed by atoms with Crippen LogP contribution in [0.4, 0.5) is 0 Å². The SMILES string of the molecule is COc1ccc(C(=O)N[C@H]2C[C@H]3CC[C@@H]2C3)cc1OC. The Labute approximate surface area is 119 Å². The summed E-state index contributed by atoms with van der Waals surface area (Å²) < 4.78 is 10.4. The van der Waals surface area contributed by atoms with E-state index in [1.54, 1.807) is 32.4 Å². The topological polar surface area (TPSA) is 47.6 Å². The summed E-state index contributed by atoms with van der Waals surface area (Å²) in [5.41, 5.74) is 0.630. The Hall–Kier alpha value is -1.71. The van der Waals surface area contributed by atoms with Crippen LogP contribution in [-0.2, 0) is 0 Å². The smallest absolute Gasteiger partial charge is 0.251 e. The molecule has 0 radical (unpaired) electrons. The van der Waals surface area contributed by atoms with Crippen LogP contribution < -0.4 is 14.8 Å². The summed E-state index contributed by atoms with van der Waals surface area (Å²) in [5, 5.41) is 3.18. The van der Waals surface area contributed by atoms with E-state index in [4.69, 9.17) is 9.47 Å². The Morgan fingerprint density at radius 3 is 2.55 bits per heavy atom. The van der Waals surface area contributed by atoms with Crippen molar-refractivity contribution in [3.63, 3.8) is 0 Å². The fourth-order valence-electron chi connectivity index (χ4n) is 3.65. The third-order valence-corrected chi connectivity index (χ3v) is 4.70. The fourth-order valence-corrected chi connectivity index (χ4v) is 3.65. The van der Waals surface area contributed by atoms with Crippen molar-refractivity contribution >= 4 is 5.91 Å². The van der Waals surface area contributed by atoms with Crippen molar-refractivity contribution < 1.29 is 14.3 Å². The van der Waals surface area contributed by atoms with E-state index in [2.05, 4.69) is 5.32 Å². The predicted molar refractivity (Wildman–Crippen MR) is 76.2 cm³/mol. The molecule has 0 heterocycles. The maximum atomic E-state index is 12.3. The van der Waals surface area contributed by atoms with Crippen molar-refractivity contribution in [1.29, 1.82) is 0 Å². The third-order valence-electron chi connectivity index (χ3n) is 4.70. The van der Waals surface area contributed by atoms with Crippen LogP contribution in [0, 0.1) is 11.8 Å². The van der Waals surface area contributed by atoms with Gasteiger partial charge in [-0.05, 0) is 49.3 Å². The van der Waals surface area contributed by atoms with Crippen molar-refractivity contribution in [1.82, 2.24) is 5.32 Å². The molecular formula is C16H21NO3. The molecule has 3 atom stereocenters. The van der Waals surface area contributed by atoms with Gasteiger partial charge in [0.05, 0.1) is 14.2 Å². The molecule has 0 aromatic heterocycles. The number of methoxy groups -OCH3 is 2. The lowest BCUT2D eigenvalue weighted by Gasteiger charge is -2.23. The number of ether oxygens (including phenoxy) is 2. The third kappa shape index (κ3) is 2.35. The number of nitrogens with one attached hydrogen (secondary N) is 1. The number of rotatable bonds is 4. The van der Waals surface area contributed by atoms with Crippen LogP contribution in [0.1, 0.15) is 36.0 Å². The van der Waals surface area contributed by atoms with Crippen LogP contribution in [0.2, 0.25) is 0 Å². The maximum absolute atomic E-state index is 12.3. The predicted octanol–water partition coefficient (Wildman–Crippen LogP) is 2.62. The highest BCUT2D eigenvalue weighted by atomic mass is 16.5. The van der Waals surface area contributed by atoms with Gasteiger partial charge in [0.15, 0.2) is 11.5 Å². The Kier molecular flexibility index (Phi) is 3.55. The minimum absolute atomic E-state index is 0.0106. The summed E-state index contributed by atoms with van der Waals surface area (Å²) >= 11 is 0. The molecule has 4 heteroatoms. The number of carbonyl (C=O) groups is 1. The first-order chi connectivity index (χ1) is 9.71. The maximum Gasteiger partial charge on any atom is 0.251 e. The molecule has 0 spiro atoms. The molecule has 1 amide bonds. The average molecular weight is 275 g/mol. The molecule has 2 aliphatic rings. The van der Waals surface area contributed by atoms with Gasteiger partial charge in [0.25, 0.3) is 5.91 Å². The summed E-state index contributed by atoms with van der Waals surface area (Å²) in [6.07, 6.45) is 5.04. The molecule has 3 rings (SSSR count). The molecule has 2 bridgehead atoms. The number of fused-ring (bicyclic) bond motifs is 2. The largest absolute Gasteiger partial charge is 0.493 e. The Balaban J connectivity index is 1.71. The number of hydrogen-bond acceptors (Lipinski definition) is 3. The van der Waals surface area contributed by atoms with Crippen molar-refractivity contribution in [2.75, 3.05) is 14.2 Å². The van der Waals surface area contributed by atoms with Gasteiger partial charge in [0, 0.05) is 11.6 Å². The van der Waals surface area contributed by atoms with E-state index in [1.165, 1.54) is 19.3 Å². The second kappa shape index (κ2) is 5.35. The second-order valence-electron chi connectivity index (χ2n) is 5.82. The Morgan fingerprint density at radius 2 is 1.95 bits per heavy atom. The van der Waals surface area contributed by atoms with Crippen LogP contribution in [0.3, 0.4) is 0 Å². The summed E-state index contributed by atoms with van der Waals surface area (Å²) in [7, 11) is 3.17. The van der Waals surface area contributed by atoms with Gasteiger partial charge in [-0.25, -0.2) is 0 Å². The molecular weight excluding hydrogens is 254 g/mol. The van der Waals surface area contributed by atoms with Gasteiger partial charge in [-0.1, -0.05) is 6.42 Å². The molecule has 2 saturated carbocycles. The molecule has 1 N–H and O–H groups in total. The van der Waals surface area contributed by atoms with E-state index >= 15 is 0 Å². The first-order valence-corrected chi connectivity index (χ1v) is 7.24. The van der Waals surface area contributed by atoms with Crippen LogP contribution in [0.15, 0.2) is 18.2 Å². The minimum atomic E-state index is -0.0106. The number of amides is 1. The summed E-state index contributed by atoms with van der Waals surface area (Å²) in [4.78, 5) is 12.3. The lowest BCUT2D eigenvalue weighted by molar-refractivity contribution is 0.0922. The zero-order valence-corrected chi connectivity index (χ0v) is 12.0. The number of hydrogen-bond donors (Lipinski definition) is 1. The lowest BCUT2D eigenvalue weighted by Crippen LogP contribution is -2.38. The summed E-state index contributed by atoms with van der Waals surface area (Å²) in [6.45, 7) is 0. The molecule has 4 nitrogen and oxygen atoms in total. The van der Waals surface area contributed by atoms with E-state index in [-0.39, 0.29) is 5.91 Å². The molecule has 20 heavy (non-hydrogen) atoms. The quantitative estimate of drug-likeness (QED) is 0.919. The van der Waals surface area contributed by atoms with Crippen molar-refractivity contribution in [2.24, 2.45) is 11.8 Å². The van der Waals surface area contributed by atoms with Crippen LogP contribution in [0.5, 0.6) is 11.5 Å². The monoisotopic (exact) mass is 275 g/mol. The van der Waals surface area contributed by atoms with Gasteiger partial charge in [0.2, 0.25) is 0 Å². The highest BCUT2D eigenvalue weighted by molar-refractivity contribution is 5.95. The van der Waals surface area contributed by atoms with E-state index < -0.39 is 0 Å². The van der Waals surface area contributed by atoms with Gasteiger partial charge in [-0.3, -0.25) is 4.79 Å². The molecule has 2 fully saturated rings. The van der Waals surface area contributed by atoms with Crippen LogP contribution >= 0.6 is 0 Å². The first-order valence-electron chi connectivity index (χ1n) is 7.24. The highest BCUT2D eigenvalue weighted by Gasteiger charge is 2.40. The van der Waals surface area contributed by atoms with Crippen molar-refractivity contribution in [2.45, 2.75) is 31.7 Å². The van der Waals surface area contributed by atoms with Gasteiger partial charge >= 0.3 is 0 Å². The molecule has 0 aliphatic heterocycles. The number of benzene rings is 1. The molecule has 0 unspecified atom stereocenters. The van der Waals surface area contributed by atoms with Gasteiger partial charge in [-0.15, -0.1) is 0 Å². The second-order valence-corrected chi connectivity index (χ2v) is 5.82. The van der Waals surface area contributed by atoms with Gasteiger partial charge < -0.3 is 14.8 Å². The summed E-state index contributed by atoms with van der Waals surface area (Å²) in [5.74, 6) is 2.74. The molecule has 1 aromatic carbocycles. The van der Waals surface area contributed by atoms with Crippen LogP contribution in [-0.4, -0.2) is 26.2 Å². The van der Waals surface area contributed by atoms with Crippen molar-refractivity contribution in [3.05, 3.63) is 23.8 Å². The van der Waals surface area contributed by atoms with Gasteiger partial charge in [0.1, 0.15) is 0 Å². The summed E-state index contributed by atoms with van der Waals surface area (Å²) in [6, 6.07) is 5.65. The molecule has 0 saturated heterocycles. The van der Waals surface area contributed by atoms with Gasteiger partial charge in [-0.2, -0.15) is 0 Å². The Bertz CT molecular complexity index is 514. The standard InChI is InChI=1S/C16H21NO3/c1-19-14-6-5-12(9-15(14)20-2)16(18)17-13-8-10-3-4-11(13)7-10/h5-6,9-11,13H,3-4,7-8H2,1-2H3,(H,17,18)/t10-,11+,13-/m0/s1. The van der Waals surface area contributed by atoms with E-state index in [0.29, 0.717) is 29.0 Å². The van der Waals surface area contributed by atoms with Crippen LogP contribution in [0.25, 0.3) is 0 Å². The molecule has 108 valence electrons. The molecule has 1 aromatic rings. The number of carbonyl (C=O) groups excluding carboxylic acids is 1. The zero-order valence-electron chi connectivity index (χ0n) is 12.0. The normalized spacial score (nSPS) is 27.4. The first kappa shape index (κ1) is 13.3. The average Bonchev–Trinajstić information content (AvgIpc) is 3.09. The van der Waals surface area contributed by atoms with E-state index in [1.807, 2.05) is 0 Å². The molecule has 2 aliphatic carbocycles. The minimum Gasteiger partial charge on any atom is -0.493 e. The Morgan fingerprint density at radius 1 is 1.15 bits per heavy atom. The van der Waals surface area contributed by atoms with E-state index in [0.717, 1.165) is 12.3 Å². The zero-order chi connectivity index (χ0) is 14.1. The van der Waals surface area contributed by atoms with Crippen molar-refractivity contribution in [3.8, 4) is 11.5 Å². The fraction of sp³-hybridized carbons (Fsp3) is 0.562.